The Morgan fingerprint density at radius 3 is 2.74 bits per heavy atom. The van der Waals surface area contributed by atoms with Gasteiger partial charge >= 0.3 is 0 Å². The SMILES string of the molecule is C[C@@H]1CC(c2nnc(-c3ccc4[nH]nc(-c5ccncc5)c4c3)o2)CN(Cc2ccccc2F)C1. The van der Waals surface area contributed by atoms with Crippen LogP contribution in [0.2, 0.25) is 0 Å². The second kappa shape index (κ2) is 9.03. The maximum absolute atomic E-state index is 14.2. The molecule has 8 heteroatoms. The van der Waals surface area contributed by atoms with Gasteiger partial charge in [0, 0.05) is 54.1 Å². The molecule has 5 aromatic rings. The number of benzene rings is 2. The summed E-state index contributed by atoms with van der Waals surface area (Å²) in [5, 5.41) is 17.3. The van der Waals surface area contributed by atoms with Gasteiger partial charge in [0.05, 0.1) is 11.4 Å². The van der Waals surface area contributed by atoms with Crippen LogP contribution in [0.4, 0.5) is 4.39 Å². The van der Waals surface area contributed by atoms with Gasteiger partial charge in [-0.1, -0.05) is 25.1 Å². The van der Waals surface area contributed by atoms with E-state index >= 15 is 0 Å². The van der Waals surface area contributed by atoms with E-state index in [4.69, 9.17) is 4.42 Å². The molecular formula is C27H25FN6O. The first kappa shape index (κ1) is 21.6. The second-order valence-corrected chi connectivity index (χ2v) is 9.34. The van der Waals surface area contributed by atoms with Crippen LogP contribution in [0.1, 0.15) is 30.7 Å². The Hall–Kier alpha value is -3.91. The van der Waals surface area contributed by atoms with Crippen LogP contribution < -0.4 is 0 Å². The van der Waals surface area contributed by atoms with Crippen LogP contribution in [0.25, 0.3) is 33.6 Å². The maximum atomic E-state index is 14.2. The Balaban J connectivity index is 1.25. The van der Waals surface area contributed by atoms with Crippen molar-refractivity contribution in [3.8, 4) is 22.7 Å². The zero-order valence-electron chi connectivity index (χ0n) is 19.4. The largest absolute Gasteiger partial charge is 0.420 e. The van der Waals surface area contributed by atoms with E-state index in [-0.39, 0.29) is 11.7 Å². The highest BCUT2D eigenvalue weighted by Crippen LogP contribution is 2.34. The van der Waals surface area contributed by atoms with E-state index in [1.807, 2.05) is 42.5 Å². The van der Waals surface area contributed by atoms with Crippen LogP contribution in [0.5, 0.6) is 0 Å². The minimum atomic E-state index is -0.164. The first-order valence-corrected chi connectivity index (χ1v) is 11.8. The van der Waals surface area contributed by atoms with E-state index < -0.39 is 0 Å². The van der Waals surface area contributed by atoms with Crippen molar-refractivity contribution in [2.75, 3.05) is 13.1 Å². The van der Waals surface area contributed by atoms with Gasteiger partial charge in [0.2, 0.25) is 11.8 Å². The van der Waals surface area contributed by atoms with Gasteiger partial charge in [-0.3, -0.25) is 15.0 Å². The van der Waals surface area contributed by atoms with Crippen LogP contribution in [-0.2, 0) is 6.54 Å². The highest BCUT2D eigenvalue weighted by Gasteiger charge is 2.30. The second-order valence-electron chi connectivity index (χ2n) is 9.34. The smallest absolute Gasteiger partial charge is 0.247 e. The standard InChI is InChI=1S/C27H25FN6O/c1-17-12-21(16-34(14-17)15-20-4-2-3-5-23(20)28)27-33-32-26(35-27)19-6-7-24-22(13-19)25(31-30-24)18-8-10-29-11-9-18/h2-11,13,17,21H,12,14-16H2,1H3,(H,30,31)/t17-,21?/m1/s1. The van der Waals surface area contributed by atoms with E-state index in [1.54, 1.807) is 18.5 Å². The molecule has 1 saturated heterocycles. The van der Waals surface area contributed by atoms with E-state index in [0.29, 0.717) is 29.8 Å². The molecule has 7 nitrogen and oxygen atoms in total. The van der Waals surface area contributed by atoms with Crippen molar-refractivity contribution in [3.05, 3.63) is 84.3 Å². The summed E-state index contributed by atoms with van der Waals surface area (Å²) < 4.78 is 20.4. The number of H-pyrrole nitrogens is 1. The molecule has 4 heterocycles. The van der Waals surface area contributed by atoms with Gasteiger partial charge in [-0.05, 0) is 48.7 Å². The number of nitrogens with zero attached hydrogens (tertiary/aromatic N) is 5. The number of pyridine rings is 1. The summed E-state index contributed by atoms with van der Waals surface area (Å²) in [7, 11) is 0. The zero-order valence-corrected chi connectivity index (χ0v) is 19.4. The highest BCUT2D eigenvalue weighted by atomic mass is 19.1. The summed E-state index contributed by atoms with van der Waals surface area (Å²) in [6.07, 6.45) is 4.47. The molecule has 0 bridgehead atoms. The summed E-state index contributed by atoms with van der Waals surface area (Å²) in [6.45, 7) is 4.46. The molecule has 2 aromatic carbocycles. The molecule has 1 unspecified atom stereocenters. The fourth-order valence-corrected chi connectivity index (χ4v) is 5.03. The number of nitrogens with one attached hydrogen (secondary N) is 1. The summed E-state index contributed by atoms with van der Waals surface area (Å²) in [5.74, 6) is 1.51. The zero-order chi connectivity index (χ0) is 23.8. The third-order valence-electron chi connectivity index (χ3n) is 6.64. The van der Waals surface area contributed by atoms with Crippen LogP contribution in [0.15, 0.2) is 71.4 Å². The van der Waals surface area contributed by atoms with Gasteiger partial charge in [-0.15, -0.1) is 10.2 Å². The number of aromatic nitrogens is 5. The summed E-state index contributed by atoms with van der Waals surface area (Å²) in [6, 6.07) is 16.8. The monoisotopic (exact) mass is 468 g/mol. The van der Waals surface area contributed by atoms with Crippen molar-refractivity contribution in [1.29, 1.82) is 0 Å². The lowest BCUT2D eigenvalue weighted by Gasteiger charge is -2.35. The van der Waals surface area contributed by atoms with Crippen LogP contribution in [0.3, 0.4) is 0 Å². The Bertz CT molecular complexity index is 1460. The predicted octanol–water partition coefficient (Wildman–Crippen LogP) is 5.44. The normalized spacial score (nSPS) is 18.8. The van der Waals surface area contributed by atoms with E-state index in [9.17, 15) is 4.39 Å². The molecule has 1 N–H and O–H groups in total. The number of aromatic amines is 1. The fraction of sp³-hybridized carbons (Fsp3) is 0.259. The van der Waals surface area contributed by atoms with Crippen molar-refractivity contribution in [2.45, 2.75) is 25.8 Å². The first-order chi connectivity index (χ1) is 17.1. The van der Waals surface area contributed by atoms with Crippen molar-refractivity contribution < 1.29 is 8.81 Å². The molecule has 0 spiro atoms. The molecule has 0 saturated carbocycles. The fourth-order valence-electron chi connectivity index (χ4n) is 5.03. The Kier molecular flexibility index (Phi) is 5.58. The highest BCUT2D eigenvalue weighted by molar-refractivity contribution is 5.95. The van der Waals surface area contributed by atoms with Gasteiger partial charge in [0.15, 0.2) is 0 Å². The lowest BCUT2D eigenvalue weighted by Crippen LogP contribution is -2.38. The molecule has 3 aromatic heterocycles. The molecular weight excluding hydrogens is 443 g/mol. The van der Waals surface area contributed by atoms with Gasteiger partial charge in [0.25, 0.3) is 0 Å². The average molecular weight is 469 g/mol. The van der Waals surface area contributed by atoms with Crippen molar-refractivity contribution in [2.24, 2.45) is 5.92 Å². The Morgan fingerprint density at radius 2 is 1.89 bits per heavy atom. The van der Waals surface area contributed by atoms with Gasteiger partial charge in [0.1, 0.15) is 11.5 Å². The Morgan fingerprint density at radius 1 is 1.03 bits per heavy atom. The number of hydrogen-bond donors (Lipinski definition) is 1. The van der Waals surface area contributed by atoms with Gasteiger partial charge in [-0.25, -0.2) is 4.39 Å². The molecule has 2 atom stereocenters. The number of halogens is 1. The Labute approximate surface area is 202 Å². The topological polar surface area (TPSA) is 83.7 Å². The molecule has 0 amide bonds. The van der Waals surface area contributed by atoms with Crippen LogP contribution in [-0.4, -0.2) is 43.4 Å². The average Bonchev–Trinajstić information content (AvgIpc) is 3.53. The number of hydrogen-bond acceptors (Lipinski definition) is 6. The quantitative estimate of drug-likeness (QED) is 0.370. The van der Waals surface area contributed by atoms with E-state index in [0.717, 1.165) is 47.2 Å². The number of piperidine rings is 1. The van der Waals surface area contributed by atoms with Crippen LogP contribution in [0, 0.1) is 11.7 Å². The van der Waals surface area contributed by atoms with Gasteiger partial charge < -0.3 is 4.42 Å². The summed E-state index contributed by atoms with van der Waals surface area (Å²) in [4.78, 5) is 6.37. The van der Waals surface area contributed by atoms with Crippen LogP contribution >= 0.6 is 0 Å². The molecule has 1 fully saturated rings. The lowest BCUT2D eigenvalue weighted by atomic mass is 9.90. The molecule has 0 radical (unpaired) electrons. The lowest BCUT2D eigenvalue weighted by molar-refractivity contribution is 0.144. The minimum absolute atomic E-state index is 0.108. The molecule has 35 heavy (non-hydrogen) atoms. The number of rotatable bonds is 5. The van der Waals surface area contributed by atoms with E-state index in [2.05, 4.69) is 37.2 Å². The molecule has 1 aliphatic rings. The molecule has 176 valence electrons. The third-order valence-corrected chi connectivity index (χ3v) is 6.64. The molecule has 0 aliphatic carbocycles. The van der Waals surface area contributed by atoms with Crippen molar-refractivity contribution in [3.63, 3.8) is 0 Å². The minimum Gasteiger partial charge on any atom is -0.420 e. The summed E-state index contributed by atoms with van der Waals surface area (Å²) >= 11 is 0. The predicted molar refractivity (Wildman–Crippen MR) is 131 cm³/mol. The van der Waals surface area contributed by atoms with Crippen molar-refractivity contribution >= 4 is 10.9 Å². The van der Waals surface area contributed by atoms with Crippen molar-refractivity contribution in [1.82, 2.24) is 30.3 Å². The number of likely N-dealkylation sites (tertiary alicyclic amines) is 1. The molecule has 6 rings (SSSR count). The van der Waals surface area contributed by atoms with Gasteiger partial charge in [-0.2, -0.15) is 5.10 Å². The third kappa shape index (κ3) is 4.33. The molecule has 1 aliphatic heterocycles. The number of fused-ring (bicyclic) bond motifs is 1. The maximum Gasteiger partial charge on any atom is 0.247 e. The first-order valence-electron chi connectivity index (χ1n) is 11.8. The summed E-state index contributed by atoms with van der Waals surface area (Å²) in [5.41, 5.74) is 4.34. The van der Waals surface area contributed by atoms with E-state index in [1.165, 1.54) is 6.07 Å².